The van der Waals surface area contributed by atoms with Gasteiger partial charge in [0.15, 0.2) is 11.4 Å². The lowest BCUT2D eigenvalue weighted by atomic mass is 9.91. The topological polar surface area (TPSA) is 62.8 Å². The molecule has 0 aromatic heterocycles. The summed E-state index contributed by atoms with van der Waals surface area (Å²) in [5.74, 6) is 0. The van der Waals surface area contributed by atoms with Gasteiger partial charge in [0.2, 0.25) is 0 Å². The third-order valence-electron chi connectivity index (χ3n) is 15.0. The summed E-state index contributed by atoms with van der Waals surface area (Å²) in [4.78, 5) is 12.1. The van der Waals surface area contributed by atoms with Gasteiger partial charge < -0.3 is 9.80 Å². The van der Waals surface area contributed by atoms with Crippen LogP contribution in [0.4, 0.5) is 45.5 Å². The van der Waals surface area contributed by atoms with E-state index in [1.165, 1.54) is 11.1 Å². The van der Waals surface area contributed by atoms with E-state index in [1.54, 1.807) is 0 Å². The SMILES string of the molecule is [C-]#[N+]c1ccc(-c2cc(-c3ccc(C#N)cc3)cc(N(c3ccc(CC)cc3)c3ccc4ccc5c(N(c6ccc(CC)cc6)c6cc(-c7ccc(C#N)cc7)cc(-c7ccc([N+]#[C-])cc7)c6)ccc6ccc3c4c65)c2)cc1. The molecule has 0 aliphatic heterocycles. The maximum Gasteiger partial charge on any atom is 0.187 e. The van der Waals surface area contributed by atoms with E-state index in [2.05, 4.69) is 179 Å². The van der Waals surface area contributed by atoms with Crippen LogP contribution in [0.25, 0.3) is 86.5 Å². The number of nitriles is 2. The van der Waals surface area contributed by atoms with Gasteiger partial charge in [-0.1, -0.05) is 147 Å². The van der Waals surface area contributed by atoms with Crippen molar-refractivity contribution in [2.24, 2.45) is 0 Å². The highest BCUT2D eigenvalue weighted by Gasteiger charge is 2.24. The summed E-state index contributed by atoms with van der Waals surface area (Å²) in [6.07, 6.45) is 1.83. The van der Waals surface area contributed by atoms with Gasteiger partial charge in [-0.15, -0.1) is 0 Å². The van der Waals surface area contributed by atoms with Crippen molar-refractivity contribution >= 4 is 77.8 Å². The Morgan fingerprint density at radius 2 is 0.667 bits per heavy atom. The maximum absolute atomic E-state index is 9.73. The van der Waals surface area contributed by atoms with Gasteiger partial charge in [-0.2, -0.15) is 10.5 Å². The van der Waals surface area contributed by atoms with Crippen molar-refractivity contribution < 1.29 is 0 Å². The monoisotopic (exact) mass is 996 g/mol. The van der Waals surface area contributed by atoms with Crippen molar-refractivity contribution in [3.05, 3.63) is 276 Å². The molecule has 12 aromatic rings. The predicted molar refractivity (Wildman–Crippen MR) is 322 cm³/mol. The van der Waals surface area contributed by atoms with Gasteiger partial charge in [-0.25, -0.2) is 9.69 Å². The normalized spacial score (nSPS) is 11.0. The molecular formula is C72H48N6. The summed E-state index contributed by atoms with van der Waals surface area (Å²) in [6.45, 7) is 19.7. The van der Waals surface area contributed by atoms with Gasteiger partial charge in [0.1, 0.15) is 0 Å². The summed E-state index contributed by atoms with van der Waals surface area (Å²) < 4.78 is 0. The molecule has 0 amide bonds. The van der Waals surface area contributed by atoms with Gasteiger partial charge in [-0.3, -0.25) is 0 Å². The van der Waals surface area contributed by atoms with Crippen LogP contribution in [0, 0.1) is 35.8 Å². The Kier molecular flexibility index (Phi) is 12.7. The Bertz CT molecular complexity index is 3960. The van der Waals surface area contributed by atoms with E-state index in [0.717, 1.165) is 124 Å². The van der Waals surface area contributed by atoms with Crippen LogP contribution in [0.3, 0.4) is 0 Å². The standard InChI is InChI=1S/C72H48N6/c1-5-47-11-31-63(32-12-47)77(65-41-57(51-15-7-49(45-73)8-16-51)39-59(43-65)53-19-27-61(75-3)28-20-53)69-37-25-55-24-36-68-70(38-26-56-23-35-67(69)71(55)72(56)68)78(64-33-13-48(6-2)14-34-64)66-42-58(52-17-9-50(46-74)10-18-52)40-60(44-66)54-21-29-62(76-4)30-22-54/h7-44H,5-6H2,1-2H3. The zero-order valence-corrected chi connectivity index (χ0v) is 43.0. The third kappa shape index (κ3) is 8.97. The quantitative estimate of drug-likeness (QED) is 0.0904. The molecule has 0 fully saturated rings. The fourth-order valence-electron chi connectivity index (χ4n) is 10.9. The predicted octanol–water partition coefficient (Wildman–Crippen LogP) is 20.2. The van der Waals surface area contributed by atoms with Crippen molar-refractivity contribution in [3.63, 3.8) is 0 Å². The molecule has 0 atom stereocenters. The lowest BCUT2D eigenvalue weighted by molar-refractivity contribution is 1.14. The number of nitrogens with zero attached hydrogens (tertiary/aromatic N) is 6. The van der Waals surface area contributed by atoms with E-state index >= 15 is 0 Å². The minimum Gasteiger partial charge on any atom is -0.310 e. The fourth-order valence-corrected chi connectivity index (χ4v) is 10.9. The van der Waals surface area contributed by atoms with E-state index in [4.69, 9.17) is 13.1 Å². The molecule has 0 saturated carbocycles. The second-order valence-corrected chi connectivity index (χ2v) is 19.5. The Labute approximate surface area is 454 Å². The fraction of sp³-hybridized carbons (Fsp3) is 0.0556. The number of hydrogen-bond acceptors (Lipinski definition) is 4. The Hall–Kier alpha value is -10.8. The maximum atomic E-state index is 9.73. The van der Waals surface area contributed by atoms with Crippen LogP contribution < -0.4 is 9.80 Å². The van der Waals surface area contributed by atoms with Crippen LogP contribution in [-0.2, 0) is 12.8 Å². The lowest BCUT2D eigenvalue weighted by Crippen LogP contribution is -2.12. The number of rotatable bonds is 12. The molecule has 0 saturated heterocycles. The highest BCUT2D eigenvalue weighted by atomic mass is 15.2. The first-order valence-electron chi connectivity index (χ1n) is 26.1. The second-order valence-electron chi connectivity index (χ2n) is 19.5. The zero-order chi connectivity index (χ0) is 53.3. The summed E-state index contributed by atoms with van der Waals surface area (Å²) in [6, 6.07) is 84.7. The van der Waals surface area contributed by atoms with Crippen molar-refractivity contribution in [2.75, 3.05) is 9.80 Å². The molecule has 6 heteroatoms. The average Bonchev–Trinajstić information content (AvgIpc) is 3.70. The first-order valence-corrected chi connectivity index (χ1v) is 26.1. The number of hydrogen-bond donors (Lipinski definition) is 0. The molecular weight excluding hydrogens is 949 g/mol. The van der Waals surface area contributed by atoms with Gasteiger partial charge >= 0.3 is 0 Å². The molecule has 0 spiro atoms. The smallest absolute Gasteiger partial charge is 0.187 e. The molecule has 0 N–H and O–H groups in total. The number of aryl methyl sites for hydroxylation is 2. The van der Waals surface area contributed by atoms with E-state index < -0.39 is 0 Å². The van der Waals surface area contributed by atoms with Gasteiger partial charge in [0.05, 0.1) is 47.8 Å². The first-order chi connectivity index (χ1) is 38.3. The highest BCUT2D eigenvalue weighted by molar-refractivity contribution is 6.28. The Morgan fingerprint density at radius 1 is 0.346 bits per heavy atom. The summed E-state index contributed by atoms with van der Waals surface area (Å²) in [5, 5.41) is 26.2. The molecule has 366 valence electrons. The van der Waals surface area contributed by atoms with E-state index in [1.807, 2.05) is 97.1 Å². The zero-order valence-electron chi connectivity index (χ0n) is 43.0. The van der Waals surface area contributed by atoms with Crippen molar-refractivity contribution in [1.82, 2.24) is 0 Å². The van der Waals surface area contributed by atoms with Crippen molar-refractivity contribution in [2.45, 2.75) is 26.7 Å². The van der Waals surface area contributed by atoms with Gasteiger partial charge in [0.25, 0.3) is 0 Å². The van der Waals surface area contributed by atoms with Crippen LogP contribution in [0.15, 0.2) is 231 Å². The Morgan fingerprint density at radius 3 is 0.974 bits per heavy atom. The van der Waals surface area contributed by atoms with Crippen LogP contribution >= 0.6 is 0 Å². The van der Waals surface area contributed by atoms with Crippen molar-refractivity contribution in [1.29, 1.82) is 10.5 Å². The first kappa shape index (κ1) is 48.2. The molecule has 0 bridgehead atoms. The van der Waals surface area contributed by atoms with Crippen LogP contribution in [-0.4, -0.2) is 0 Å². The lowest BCUT2D eigenvalue weighted by Gasteiger charge is -2.30. The van der Waals surface area contributed by atoms with Crippen molar-refractivity contribution in [3.8, 4) is 56.6 Å². The molecule has 6 nitrogen and oxygen atoms in total. The number of benzene rings is 12. The molecule has 0 radical (unpaired) electrons. The number of anilines is 6. The molecule has 0 aliphatic carbocycles. The third-order valence-corrected chi connectivity index (χ3v) is 15.0. The summed E-state index contributed by atoms with van der Waals surface area (Å²) in [5.41, 5.74) is 18.8. The molecule has 0 heterocycles. The van der Waals surface area contributed by atoms with Gasteiger partial charge in [0, 0.05) is 33.5 Å². The van der Waals surface area contributed by atoms with Crippen LogP contribution in [0.2, 0.25) is 0 Å². The van der Waals surface area contributed by atoms with Crippen LogP contribution in [0.1, 0.15) is 36.1 Å². The average molecular weight is 997 g/mol. The minimum atomic E-state index is 0.583. The minimum absolute atomic E-state index is 0.583. The Balaban J connectivity index is 1.10. The van der Waals surface area contributed by atoms with Crippen LogP contribution in [0.5, 0.6) is 0 Å². The summed E-state index contributed by atoms with van der Waals surface area (Å²) in [7, 11) is 0. The molecule has 0 unspecified atom stereocenters. The molecule has 78 heavy (non-hydrogen) atoms. The molecule has 12 rings (SSSR count). The highest BCUT2D eigenvalue weighted by Crippen LogP contribution is 2.49. The van der Waals surface area contributed by atoms with Gasteiger partial charge in [-0.05, 0) is 187 Å². The summed E-state index contributed by atoms with van der Waals surface area (Å²) >= 11 is 0. The van der Waals surface area contributed by atoms with E-state index in [9.17, 15) is 10.5 Å². The second kappa shape index (κ2) is 20.5. The molecule has 0 aliphatic rings. The molecule has 12 aromatic carbocycles. The van der Waals surface area contributed by atoms with E-state index in [-0.39, 0.29) is 0 Å². The largest absolute Gasteiger partial charge is 0.310 e. The van der Waals surface area contributed by atoms with E-state index in [0.29, 0.717) is 22.5 Å².